The quantitative estimate of drug-likeness (QED) is 0.570. The van der Waals surface area contributed by atoms with Crippen molar-refractivity contribution in [3.63, 3.8) is 0 Å². The van der Waals surface area contributed by atoms with E-state index in [1.165, 1.54) is 12.8 Å². The Morgan fingerprint density at radius 2 is 2.03 bits per heavy atom. The van der Waals surface area contributed by atoms with Crippen LogP contribution in [0.3, 0.4) is 0 Å². The molecule has 0 amide bonds. The Morgan fingerprint density at radius 3 is 2.70 bits per heavy atom. The molecule has 154 valence electrons. The smallest absolute Gasteiger partial charge is 0.306 e. The molecule has 2 N–H and O–H groups in total. The lowest BCUT2D eigenvalue weighted by atomic mass is 10.00. The number of hydrogen-bond acceptors (Lipinski definition) is 6. The minimum Gasteiger partial charge on any atom is -0.481 e. The number of hydrogen-bond donors (Lipinski definition) is 2. The topological polar surface area (TPSA) is 101 Å². The van der Waals surface area contributed by atoms with Crippen LogP contribution >= 0.6 is 0 Å². The molecule has 7 nitrogen and oxygen atoms in total. The van der Waals surface area contributed by atoms with E-state index in [4.69, 9.17) is 0 Å². The second kappa shape index (κ2) is 8.57. The van der Waals surface area contributed by atoms with E-state index in [0.29, 0.717) is 30.4 Å². The fourth-order valence-electron chi connectivity index (χ4n) is 3.45. The number of rotatable bonds is 8. The molecule has 7 heteroatoms. The van der Waals surface area contributed by atoms with Gasteiger partial charge in [-0.15, -0.1) is 0 Å². The minimum atomic E-state index is -0.800. The fourth-order valence-corrected chi connectivity index (χ4v) is 3.45. The molecule has 3 aromatic rings. The normalized spacial score (nSPS) is 14.3. The molecule has 30 heavy (non-hydrogen) atoms. The van der Waals surface area contributed by atoms with Gasteiger partial charge < -0.3 is 10.4 Å². The van der Waals surface area contributed by atoms with E-state index >= 15 is 0 Å². The summed E-state index contributed by atoms with van der Waals surface area (Å²) in [5, 5.41) is 21.1. The summed E-state index contributed by atoms with van der Waals surface area (Å²) in [6.45, 7) is 3.89. The van der Waals surface area contributed by atoms with E-state index in [2.05, 4.69) is 25.5 Å². The molecular formula is C23H25N5O2. The van der Waals surface area contributed by atoms with Gasteiger partial charge in [0.1, 0.15) is 0 Å². The van der Waals surface area contributed by atoms with Gasteiger partial charge in [0.05, 0.1) is 17.3 Å². The lowest BCUT2D eigenvalue weighted by Gasteiger charge is -2.11. The summed E-state index contributed by atoms with van der Waals surface area (Å²) >= 11 is 0. The maximum absolute atomic E-state index is 11.2. The third-order valence-electron chi connectivity index (χ3n) is 5.32. The highest BCUT2D eigenvalue weighted by Crippen LogP contribution is 2.39. The predicted octanol–water partition coefficient (Wildman–Crippen LogP) is 4.52. The van der Waals surface area contributed by atoms with Gasteiger partial charge in [-0.1, -0.05) is 6.92 Å². The number of aryl methyl sites for hydroxylation is 1. The molecule has 1 aliphatic rings. The zero-order chi connectivity index (χ0) is 21.1. The van der Waals surface area contributed by atoms with Crippen LogP contribution < -0.4 is 5.32 Å². The van der Waals surface area contributed by atoms with E-state index in [1.807, 2.05) is 50.2 Å². The van der Waals surface area contributed by atoms with Crippen LogP contribution in [0.15, 0.2) is 42.6 Å². The predicted molar refractivity (Wildman–Crippen MR) is 115 cm³/mol. The van der Waals surface area contributed by atoms with Crippen molar-refractivity contribution in [2.75, 3.05) is 5.32 Å². The molecule has 1 aromatic carbocycles. The number of carboxylic acid groups (broad SMARTS) is 1. The number of anilines is 2. The largest absolute Gasteiger partial charge is 0.481 e. The third kappa shape index (κ3) is 4.79. The minimum absolute atomic E-state index is 0.383. The summed E-state index contributed by atoms with van der Waals surface area (Å²) in [6, 6.07) is 11.8. The number of nitrogens with zero attached hydrogens (tertiary/aromatic N) is 4. The van der Waals surface area contributed by atoms with Gasteiger partial charge in [-0.05, 0) is 68.1 Å². The molecule has 4 rings (SSSR count). The Labute approximate surface area is 175 Å². The summed E-state index contributed by atoms with van der Waals surface area (Å²) in [5.41, 5.74) is 5.41. The Balaban J connectivity index is 1.53. The maximum atomic E-state index is 11.2. The number of nitrogens with one attached hydrogen (secondary N) is 1. The second-order valence-corrected chi connectivity index (χ2v) is 7.85. The second-order valence-electron chi connectivity index (χ2n) is 7.85. The van der Waals surface area contributed by atoms with Crippen molar-refractivity contribution >= 4 is 17.6 Å². The number of benzene rings is 1. The van der Waals surface area contributed by atoms with E-state index in [0.717, 1.165) is 28.2 Å². The lowest BCUT2D eigenvalue weighted by molar-refractivity contribution is -0.141. The summed E-state index contributed by atoms with van der Waals surface area (Å²) in [6.07, 6.45) is 5.14. The van der Waals surface area contributed by atoms with Gasteiger partial charge in [0.2, 0.25) is 5.95 Å². The Bertz CT molecular complexity index is 1050. The summed E-state index contributed by atoms with van der Waals surface area (Å²) in [7, 11) is 0. The highest BCUT2D eigenvalue weighted by atomic mass is 16.4. The molecule has 1 aliphatic carbocycles. The molecule has 2 aromatic heterocycles. The van der Waals surface area contributed by atoms with Crippen molar-refractivity contribution in [2.45, 2.75) is 45.4 Å². The Hall–Kier alpha value is -3.35. The van der Waals surface area contributed by atoms with Crippen LogP contribution in [0.25, 0.3) is 11.3 Å². The molecular weight excluding hydrogens is 378 g/mol. The zero-order valence-corrected chi connectivity index (χ0v) is 17.2. The molecule has 0 saturated heterocycles. The van der Waals surface area contributed by atoms with Crippen molar-refractivity contribution in [3.8, 4) is 11.3 Å². The molecule has 1 fully saturated rings. The first kappa shape index (κ1) is 19.9. The van der Waals surface area contributed by atoms with E-state index in [-0.39, 0.29) is 0 Å². The van der Waals surface area contributed by atoms with Gasteiger partial charge in [-0.25, -0.2) is 9.97 Å². The summed E-state index contributed by atoms with van der Waals surface area (Å²) in [5.74, 6) is -0.0717. The van der Waals surface area contributed by atoms with Crippen LogP contribution in [-0.2, 0) is 11.2 Å². The van der Waals surface area contributed by atoms with E-state index in [9.17, 15) is 9.90 Å². The van der Waals surface area contributed by atoms with Gasteiger partial charge in [-0.3, -0.25) is 4.79 Å². The van der Waals surface area contributed by atoms with Crippen molar-refractivity contribution in [1.82, 2.24) is 20.2 Å². The van der Waals surface area contributed by atoms with Gasteiger partial charge >= 0.3 is 5.97 Å². The lowest BCUT2D eigenvalue weighted by Crippen LogP contribution is -2.16. The molecule has 0 spiro atoms. The molecule has 1 atom stereocenters. The van der Waals surface area contributed by atoms with Gasteiger partial charge in [0.25, 0.3) is 0 Å². The van der Waals surface area contributed by atoms with Crippen LogP contribution in [-0.4, -0.2) is 31.2 Å². The number of aliphatic carboxylic acids is 1. The average molecular weight is 403 g/mol. The fraction of sp³-hybridized carbons (Fsp3) is 0.348. The molecule has 1 unspecified atom stereocenters. The zero-order valence-electron chi connectivity index (χ0n) is 17.2. The van der Waals surface area contributed by atoms with Crippen LogP contribution in [0, 0.1) is 12.8 Å². The highest BCUT2D eigenvalue weighted by molar-refractivity contribution is 5.70. The van der Waals surface area contributed by atoms with Gasteiger partial charge in [-0.2, -0.15) is 10.2 Å². The highest BCUT2D eigenvalue weighted by Gasteiger charge is 2.25. The molecule has 0 radical (unpaired) electrons. The number of carboxylic acids is 1. The molecule has 1 saturated carbocycles. The van der Waals surface area contributed by atoms with Gasteiger partial charge in [0.15, 0.2) is 0 Å². The Kier molecular flexibility index (Phi) is 5.70. The first-order chi connectivity index (χ1) is 14.5. The average Bonchev–Trinajstić information content (AvgIpc) is 3.57. The molecule has 0 bridgehead atoms. The van der Waals surface area contributed by atoms with Crippen molar-refractivity contribution < 1.29 is 9.90 Å². The van der Waals surface area contributed by atoms with E-state index < -0.39 is 11.9 Å². The molecule has 2 heterocycles. The summed E-state index contributed by atoms with van der Waals surface area (Å²) < 4.78 is 0. The Morgan fingerprint density at radius 1 is 1.20 bits per heavy atom. The number of carbonyl (C=O) groups is 1. The monoisotopic (exact) mass is 403 g/mol. The summed E-state index contributed by atoms with van der Waals surface area (Å²) in [4.78, 5) is 20.2. The third-order valence-corrected chi connectivity index (χ3v) is 5.32. The van der Waals surface area contributed by atoms with Gasteiger partial charge in [0, 0.05) is 35.5 Å². The number of aromatic nitrogens is 4. The molecule has 0 aliphatic heterocycles. The van der Waals surface area contributed by atoms with Crippen LogP contribution in [0.5, 0.6) is 0 Å². The van der Waals surface area contributed by atoms with Crippen molar-refractivity contribution in [3.05, 3.63) is 59.5 Å². The SMILES string of the molecule is CCC(Cc1ccc(-c2cc(C)cc(Nc3nccc(C4CC4)n3)c2)nn1)C(=O)O. The van der Waals surface area contributed by atoms with Crippen LogP contribution in [0.1, 0.15) is 49.1 Å². The maximum Gasteiger partial charge on any atom is 0.306 e. The first-order valence-electron chi connectivity index (χ1n) is 10.3. The first-order valence-corrected chi connectivity index (χ1v) is 10.3. The van der Waals surface area contributed by atoms with Crippen LogP contribution in [0.2, 0.25) is 0 Å². The standard InChI is InChI=1S/C23H25N5O2/c1-3-15(22(29)30)12-18-6-7-21(28-27-18)17-10-14(2)11-19(13-17)25-23-24-9-8-20(26-23)16-4-5-16/h6-11,13,15-16H,3-5,12H2,1-2H3,(H,29,30)(H,24,25,26). The van der Waals surface area contributed by atoms with Crippen LogP contribution in [0.4, 0.5) is 11.6 Å². The van der Waals surface area contributed by atoms with E-state index in [1.54, 1.807) is 6.20 Å². The van der Waals surface area contributed by atoms with Crippen molar-refractivity contribution in [2.24, 2.45) is 5.92 Å². The van der Waals surface area contributed by atoms with Crippen molar-refractivity contribution in [1.29, 1.82) is 0 Å².